The third-order valence-electron chi connectivity index (χ3n) is 2.94. The predicted octanol–water partition coefficient (Wildman–Crippen LogP) is 6.58. The van der Waals surface area contributed by atoms with Crippen molar-refractivity contribution in [3.8, 4) is 0 Å². The van der Waals surface area contributed by atoms with E-state index >= 15 is 0 Å². The Bertz CT molecular complexity index is 678. The van der Waals surface area contributed by atoms with Crippen molar-refractivity contribution in [2.24, 2.45) is 0 Å². The lowest BCUT2D eigenvalue weighted by Gasteiger charge is -2.15. The van der Waals surface area contributed by atoms with E-state index in [2.05, 4.69) is 5.32 Å². The molecule has 0 aliphatic heterocycles. The van der Waals surface area contributed by atoms with Crippen molar-refractivity contribution in [2.75, 3.05) is 9.25 Å². The van der Waals surface area contributed by atoms with Crippen LogP contribution in [0, 0.1) is 0 Å². The smallest absolute Gasteiger partial charge is 0.355 e. The van der Waals surface area contributed by atoms with Gasteiger partial charge in [0.15, 0.2) is 0 Å². The summed E-state index contributed by atoms with van der Waals surface area (Å²) in [7, 11) is 0. The summed E-state index contributed by atoms with van der Waals surface area (Å²) in [6.45, 7) is 0. The Balaban J connectivity index is 2.38. The topological polar surface area (TPSA) is 15.3 Å². The number of nitrogens with one attached hydrogen (secondary N) is 1. The van der Waals surface area contributed by atoms with Gasteiger partial charge >= 0.3 is 12.4 Å². The van der Waals surface area contributed by atoms with Crippen LogP contribution in [-0.4, -0.2) is 0 Å². The van der Waals surface area contributed by atoms with Gasteiger partial charge in [-0.3, -0.25) is 0 Å². The van der Waals surface area contributed by atoms with Crippen LogP contribution in [0.3, 0.4) is 0 Å². The average molecular weight is 389 g/mol. The molecule has 0 fully saturated rings. The van der Waals surface area contributed by atoms with Gasteiger partial charge in [-0.25, -0.2) is 0 Å². The predicted molar refractivity (Wildman–Crippen MR) is 80.4 cm³/mol. The molecule has 130 valence electrons. The number of hydrogen-bond donors (Lipinski definition) is 1. The summed E-state index contributed by atoms with van der Waals surface area (Å²) in [5.41, 5.74) is -2.50. The summed E-state index contributed by atoms with van der Waals surface area (Å²) < 4.78 is 77.5. The van der Waals surface area contributed by atoms with Crippen LogP contribution in [0.1, 0.15) is 11.1 Å². The Morgan fingerprint density at radius 3 is 1.54 bits per heavy atom. The molecule has 1 N–H and O–H groups in total. The van der Waals surface area contributed by atoms with E-state index in [1.54, 1.807) is 0 Å². The van der Waals surface area contributed by atoms with E-state index in [0.29, 0.717) is 17.8 Å². The Hall–Kier alpha value is -1.80. The number of rotatable bonds is 3. The molecule has 0 amide bonds. The zero-order valence-corrected chi connectivity index (χ0v) is 13.0. The van der Waals surface area contributed by atoms with Crippen molar-refractivity contribution in [1.29, 1.82) is 0 Å². The maximum absolute atomic E-state index is 12.8. The lowest BCUT2D eigenvalue weighted by molar-refractivity contribution is -0.143. The van der Waals surface area contributed by atoms with Crippen molar-refractivity contribution in [3.63, 3.8) is 0 Å². The standard InChI is InChI=1S/C14H8Cl2F6N2/c15-24(16)12-3-1-10(2-4-12)23-11-6-8(13(17,18)19)5-9(7-11)14(20,21)22/h1-7,23H. The molecule has 10 heteroatoms. The van der Waals surface area contributed by atoms with E-state index in [4.69, 9.17) is 23.6 Å². The van der Waals surface area contributed by atoms with E-state index in [1.165, 1.54) is 24.3 Å². The molecule has 0 saturated carbocycles. The number of halogens is 8. The quantitative estimate of drug-likeness (QED) is 0.471. The summed E-state index contributed by atoms with van der Waals surface area (Å²) in [4.78, 5) is 0. The minimum Gasteiger partial charge on any atom is -0.355 e. The van der Waals surface area contributed by atoms with Crippen LogP contribution in [0.2, 0.25) is 0 Å². The molecule has 0 bridgehead atoms. The first-order valence-corrected chi connectivity index (χ1v) is 6.93. The molecule has 0 radical (unpaired) electrons. The highest BCUT2D eigenvalue weighted by Gasteiger charge is 2.36. The van der Waals surface area contributed by atoms with Gasteiger partial charge in [0, 0.05) is 34.9 Å². The Morgan fingerprint density at radius 1 is 0.708 bits per heavy atom. The third-order valence-corrected chi connectivity index (χ3v) is 3.33. The molecular formula is C14H8Cl2F6N2. The molecule has 0 aliphatic carbocycles. The molecule has 0 saturated heterocycles. The van der Waals surface area contributed by atoms with Gasteiger partial charge in [0.1, 0.15) is 0 Å². The number of alkyl halides is 6. The van der Waals surface area contributed by atoms with Crippen molar-refractivity contribution in [2.45, 2.75) is 12.4 Å². The second kappa shape index (κ2) is 6.60. The summed E-state index contributed by atoms with van der Waals surface area (Å²) in [6.07, 6.45) is -9.81. The number of nitrogens with zero attached hydrogens (tertiary/aromatic N) is 1. The van der Waals surface area contributed by atoms with Crippen molar-refractivity contribution >= 4 is 40.6 Å². The van der Waals surface area contributed by atoms with Crippen LogP contribution in [0.4, 0.5) is 43.4 Å². The first-order valence-electron chi connectivity index (χ1n) is 6.25. The maximum Gasteiger partial charge on any atom is 0.416 e. The Kier molecular flexibility index (Phi) is 5.10. The van der Waals surface area contributed by atoms with Crippen LogP contribution in [0.25, 0.3) is 0 Å². The van der Waals surface area contributed by atoms with Crippen molar-refractivity contribution in [3.05, 3.63) is 53.6 Å². The Labute approximate surface area is 142 Å². The van der Waals surface area contributed by atoms with Gasteiger partial charge < -0.3 is 5.32 Å². The number of benzene rings is 2. The fourth-order valence-corrected chi connectivity index (χ4v) is 2.08. The zero-order valence-electron chi connectivity index (χ0n) is 11.5. The van der Waals surface area contributed by atoms with E-state index in [9.17, 15) is 26.3 Å². The van der Waals surface area contributed by atoms with Gasteiger partial charge in [-0.15, -0.1) is 0 Å². The van der Waals surface area contributed by atoms with Crippen LogP contribution >= 0.6 is 23.6 Å². The van der Waals surface area contributed by atoms with Gasteiger partial charge in [0.05, 0.1) is 16.8 Å². The maximum atomic E-state index is 12.8. The molecule has 2 nitrogen and oxygen atoms in total. The van der Waals surface area contributed by atoms with E-state index in [0.717, 1.165) is 3.94 Å². The second-order valence-corrected chi connectivity index (χ2v) is 5.55. The van der Waals surface area contributed by atoms with E-state index in [1.807, 2.05) is 0 Å². The highest BCUT2D eigenvalue weighted by Crippen LogP contribution is 2.38. The van der Waals surface area contributed by atoms with Crippen molar-refractivity contribution < 1.29 is 26.3 Å². The second-order valence-electron chi connectivity index (χ2n) is 4.70. The fourth-order valence-electron chi connectivity index (χ4n) is 1.85. The SMILES string of the molecule is FC(F)(F)c1cc(Nc2ccc(N(Cl)Cl)cc2)cc(C(F)(F)F)c1. The van der Waals surface area contributed by atoms with Crippen molar-refractivity contribution in [1.82, 2.24) is 0 Å². The minimum absolute atomic E-state index is 0.0626. The Morgan fingerprint density at radius 2 is 1.17 bits per heavy atom. The molecule has 24 heavy (non-hydrogen) atoms. The number of anilines is 3. The van der Waals surface area contributed by atoms with Gasteiger partial charge in [-0.2, -0.15) is 30.3 Å². The summed E-state index contributed by atoms with van der Waals surface area (Å²) in [6, 6.07) is 6.92. The van der Waals surface area contributed by atoms with E-state index < -0.39 is 23.5 Å². The summed E-state index contributed by atoms with van der Waals surface area (Å²) >= 11 is 11.0. The fraction of sp³-hybridized carbons (Fsp3) is 0.143. The van der Waals surface area contributed by atoms with Crippen LogP contribution in [0.15, 0.2) is 42.5 Å². The normalized spacial score (nSPS) is 12.2. The monoisotopic (exact) mass is 388 g/mol. The first kappa shape index (κ1) is 18.5. The van der Waals surface area contributed by atoms with Gasteiger partial charge in [0.25, 0.3) is 0 Å². The molecule has 0 spiro atoms. The average Bonchev–Trinajstić information content (AvgIpc) is 2.45. The number of hydrogen-bond acceptors (Lipinski definition) is 2. The molecule has 0 heterocycles. The molecule has 0 unspecified atom stereocenters. The molecule has 2 aromatic rings. The van der Waals surface area contributed by atoms with Crippen LogP contribution in [0.5, 0.6) is 0 Å². The third kappa shape index (κ3) is 4.61. The lowest BCUT2D eigenvalue weighted by atomic mass is 10.1. The largest absolute Gasteiger partial charge is 0.416 e. The van der Waals surface area contributed by atoms with Gasteiger partial charge in [-0.1, -0.05) is 0 Å². The summed E-state index contributed by atoms with van der Waals surface area (Å²) in [5, 5.41) is 2.49. The van der Waals surface area contributed by atoms with Gasteiger partial charge in [0.2, 0.25) is 0 Å². The molecule has 2 aromatic carbocycles. The molecular weight excluding hydrogens is 381 g/mol. The summed E-state index contributed by atoms with van der Waals surface area (Å²) in [5.74, 6) is 0. The minimum atomic E-state index is -4.90. The highest BCUT2D eigenvalue weighted by molar-refractivity contribution is 6.49. The van der Waals surface area contributed by atoms with Gasteiger partial charge in [-0.05, 0) is 42.5 Å². The lowest BCUT2D eigenvalue weighted by Crippen LogP contribution is -2.11. The molecule has 2 rings (SSSR count). The highest BCUT2D eigenvalue weighted by atomic mass is 35.5. The van der Waals surface area contributed by atoms with E-state index in [-0.39, 0.29) is 17.4 Å². The molecule has 0 aliphatic rings. The zero-order chi connectivity index (χ0) is 18.1. The molecule has 0 aromatic heterocycles. The first-order chi connectivity index (χ1) is 11.0. The van der Waals surface area contributed by atoms with Crippen LogP contribution in [-0.2, 0) is 12.4 Å². The van der Waals surface area contributed by atoms with Crippen LogP contribution < -0.4 is 9.25 Å². The molecule has 0 atom stereocenters.